The van der Waals surface area contributed by atoms with Crippen molar-refractivity contribution in [2.24, 2.45) is 0 Å². The van der Waals surface area contributed by atoms with Gasteiger partial charge in [-0.25, -0.2) is 9.97 Å². The zero-order valence-electron chi connectivity index (χ0n) is 10.6. The maximum atomic E-state index is 11.8. The third-order valence-electron chi connectivity index (χ3n) is 2.46. The Morgan fingerprint density at radius 2 is 1.67 bits per heavy atom. The van der Waals surface area contributed by atoms with Crippen LogP contribution in [-0.2, 0) is 4.79 Å². The summed E-state index contributed by atoms with van der Waals surface area (Å²) in [4.78, 5) is 30.9. The molecule has 21 heavy (non-hydrogen) atoms. The maximum Gasteiger partial charge on any atom is 0.251 e. The number of rotatable bonds is 4. The third kappa shape index (κ3) is 4.14. The number of carbonyl (C=O) groups is 2. The Morgan fingerprint density at radius 1 is 1.05 bits per heavy atom. The van der Waals surface area contributed by atoms with E-state index in [1.165, 1.54) is 6.33 Å². The van der Waals surface area contributed by atoms with Gasteiger partial charge in [-0.2, -0.15) is 0 Å². The molecule has 2 rings (SSSR count). The Morgan fingerprint density at radius 3 is 2.29 bits per heavy atom. The third-order valence-corrected chi connectivity index (χ3v) is 3.04. The summed E-state index contributed by atoms with van der Waals surface area (Å²) in [5.74, 6) is -0.842. The SMILES string of the molecule is O=C(CNC(=O)c1ccccc1)Nc1c(Cl)ncnc1Cl. The number of carbonyl (C=O) groups excluding carboxylic acids is 2. The van der Waals surface area contributed by atoms with Gasteiger partial charge in [-0.15, -0.1) is 0 Å². The first-order valence-corrected chi connectivity index (χ1v) is 6.62. The highest BCUT2D eigenvalue weighted by molar-refractivity contribution is 6.38. The number of benzene rings is 1. The molecule has 1 aromatic heterocycles. The van der Waals surface area contributed by atoms with E-state index in [1.54, 1.807) is 30.3 Å². The van der Waals surface area contributed by atoms with Gasteiger partial charge in [0.15, 0.2) is 10.3 Å². The molecule has 0 aliphatic rings. The van der Waals surface area contributed by atoms with Crippen LogP contribution in [0.4, 0.5) is 5.69 Å². The van der Waals surface area contributed by atoms with Crippen LogP contribution in [0.25, 0.3) is 0 Å². The van der Waals surface area contributed by atoms with Crippen LogP contribution in [0.3, 0.4) is 0 Å². The van der Waals surface area contributed by atoms with E-state index < -0.39 is 5.91 Å². The summed E-state index contributed by atoms with van der Waals surface area (Å²) < 4.78 is 0. The highest BCUT2D eigenvalue weighted by Gasteiger charge is 2.13. The molecule has 0 spiro atoms. The Bertz CT molecular complexity index is 644. The van der Waals surface area contributed by atoms with E-state index in [2.05, 4.69) is 20.6 Å². The summed E-state index contributed by atoms with van der Waals surface area (Å²) in [7, 11) is 0. The molecule has 0 fully saturated rings. The molecule has 8 heteroatoms. The fraction of sp³-hybridized carbons (Fsp3) is 0.0769. The minimum absolute atomic E-state index is 0.0257. The van der Waals surface area contributed by atoms with Crippen LogP contribution in [0, 0.1) is 0 Å². The van der Waals surface area contributed by atoms with Crippen molar-refractivity contribution in [3.8, 4) is 0 Å². The Labute approximate surface area is 130 Å². The molecule has 2 aromatic rings. The molecule has 0 saturated heterocycles. The zero-order chi connectivity index (χ0) is 15.2. The Kier molecular flexibility index (Phi) is 5.08. The molecule has 0 saturated carbocycles. The van der Waals surface area contributed by atoms with Crippen LogP contribution in [0.15, 0.2) is 36.7 Å². The van der Waals surface area contributed by atoms with Crippen LogP contribution >= 0.6 is 23.2 Å². The fourth-order valence-electron chi connectivity index (χ4n) is 1.48. The van der Waals surface area contributed by atoms with Gasteiger partial charge in [0.1, 0.15) is 12.0 Å². The lowest BCUT2D eigenvalue weighted by Gasteiger charge is -2.08. The smallest absolute Gasteiger partial charge is 0.251 e. The standard InChI is InChI=1S/C13H10Cl2N4O2/c14-11-10(12(15)18-7-17-11)19-9(20)6-16-13(21)8-4-2-1-3-5-8/h1-5,7H,6H2,(H,16,21)(H,19,20). The van der Waals surface area contributed by atoms with Crippen molar-refractivity contribution in [1.82, 2.24) is 15.3 Å². The normalized spacial score (nSPS) is 10.0. The van der Waals surface area contributed by atoms with Crippen molar-refractivity contribution in [1.29, 1.82) is 0 Å². The van der Waals surface area contributed by atoms with Gasteiger partial charge >= 0.3 is 0 Å². The Balaban J connectivity index is 1.92. The lowest BCUT2D eigenvalue weighted by Crippen LogP contribution is -2.33. The summed E-state index contributed by atoms with van der Waals surface area (Å²) in [5, 5.41) is 4.97. The quantitative estimate of drug-likeness (QED) is 0.844. The monoisotopic (exact) mass is 324 g/mol. The van der Waals surface area contributed by atoms with Gasteiger partial charge in [0, 0.05) is 5.56 Å². The molecule has 0 radical (unpaired) electrons. The molecule has 1 heterocycles. The van der Waals surface area contributed by atoms with E-state index in [1.807, 2.05) is 0 Å². The van der Waals surface area contributed by atoms with E-state index in [-0.39, 0.29) is 28.4 Å². The van der Waals surface area contributed by atoms with Crippen LogP contribution in [0.1, 0.15) is 10.4 Å². The first kappa shape index (κ1) is 15.2. The van der Waals surface area contributed by atoms with Crippen molar-refractivity contribution in [2.75, 3.05) is 11.9 Å². The van der Waals surface area contributed by atoms with Gasteiger partial charge in [0.2, 0.25) is 5.91 Å². The minimum atomic E-state index is -0.488. The molecule has 0 bridgehead atoms. The van der Waals surface area contributed by atoms with Crippen molar-refractivity contribution >= 4 is 40.7 Å². The number of nitrogens with one attached hydrogen (secondary N) is 2. The summed E-state index contributed by atoms with van der Waals surface area (Å²) in [6, 6.07) is 8.55. The predicted molar refractivity (Wildman–Crippen MR) is 79.5 cm³/mol. The summed E-state index contributed by atoms with van der Waals surface area (Å²) in [6.45, 7) is -0.227. The number of anilines is 1. The molecule has 0 aliphatic carbocycles. The molecule has 2 amide bonds. The largest absolute Gasteiger partial charge is 0.343 e. The zero-order valence-corrected chi connectivity index (χ0v) is 12.1. The first-order chi connectivity index (χ1) is 10.1. The number of nitrogens with zero attached hydrogens (tertiary/aromatic N) is 2. The van der Waals surface area contributed by atoms with Crippen molar-refractivity contribution in [3.63, 3.8) is 0 Å². The van der Waals surface area contributed by atoms with E-state index in [9.17, 15) is 9.59 Å². The summed E-state index contributed by atoms with van der Waals surface area (Å²) >= 11 is 11.6. The number of hydrogen-bond donors (Lipinski definition) is 2. The van der Waals surface area contributed by atoms with Gasteiger partial charge in [-0.1, -0.05) is 41.4 Å². The van der Waals surface area contributed by atoms with Gasteiger partial charge in [-0.05, 0) is 12.1 Å². The predicted octanol–water partition coefficient (Wildman–Crippen LogP) is 2.15. The van der Waals surface area contributed by atoms with Crippen molar-refractivity contribution in [2.45, 2.75) is 0 Å². The van der Waals surface area contributed by atoms with Gasteiger partial charge in [-0.3, -0.25) is 9.59 Å². The average Bonchev–Trinajstić information content (AvgIpc) is 2.49. The van der Waals surface area contributed by atoms with Crippen LogP contribution in [0.2, 0.25) is 10.3 Å². The second kappa shape index (κ2) is 7.01. The molecule has 108 valence electrons. The second-order valence-corrected chi connectivity index (χ2v) is 4.64. The molecular formula is C13H10Cl2N4O2. The lowest BCUT2D eigenvalue weighted by atomic mass is 10.2. The van der Waals surface area contributed by atoms with Crippen LogP contribution < -0.4 is 10.6 Å². The average molecular weight is 325 g/mol. The van der Waals surface area contributed by atoms with Crippen molar-refractivity contribution < 1.29 is 9.59 Å². The van der Waals surface area contributed by atoms with E-state index in [0.29, 0.717) is 5.56 Å². The van der Waals surface area contributed by atoms with Gasteiger partial charge in [0.05, 0.1) is 6.54 Å². The van der Waals surface area contributed by atoms with Crippen LogP contribution in [0.5, 0.6) is 0 Å². The summed E-state index contributed by atoms with van der Waals surface area (Å²) in [6.07, 6.45) is 1.18. The molecular weight excluding hydrogens is 315 g/mol. The first-order valence-electron chi connectivity index (χ1n) is 5.87. The highest BCUT2D eigenvalue weighted by Crippen LogP contribution is 2.25. The maximum absolute atomic E-state index is 11.8. The van der Waals surface area contributed by atoms with Crippen molar-refractivity contribution in [3.05, 3.63) is 52.5 Å². The topological polar surface area (TPSA) is 84.0 Å². The highest BCUT2D eigenvalue weighted by atomic mass is 35.5. The molecule has 0 atom stereocenters. The van der Waals surface area contributed by atoms with Gasteiger partial charge < -0.3 is 10.6 Å². The molecule has 6 nitrogen and oxygen atoms in total. The molecule has 1 aromatic carbocycles. The lowest BCUT2D eigenvalue weighted by molar-refractivity contribution is -0.115. The van der Waals surface area contributed by atoms with Crippen LogP contribution in [-0.4, -0.2) is 28.3 Å². The number of halogens is 2. The van der Waals surface area contributed by atoms with E-state index in [0.717, 1.165) is 0 Å². The fourth-order valence-corrected chi connectivity index (χ4v) is 1.89. The molecule has 0 aliphatic heterocycles. The number of amides is 2. The summed E-state index contributed by atoms with van der Waals surface area (Å²) in [5.41, 5.74) is 0.573. The Hall–Kier alpha value is -2.18. The molecule has 0 unspecified atom stereocenters. The van der Waals surface area contributed by atoms with E-state index >= 15 is 0 Å². The number of hydrogen-bond acceptors (Lipinski definition) is 4. The molecule has 2 N–H and O–H groups in total. The number of aromatic nitrogens is 2. The second-order valence-electron chi connectivity index (χ2n) is 3.93. The van der Waals surface area contributed by atoms with Gasteiger partial charge in [0.25, 0.3) is 5.91 Å². The minimum Gasteiger partial charge on any atom is -0.343 e. The van der Waals surface area contributed by atoms with E-state index in [4.69, 9.17) is 23.2 Å².